The van der Waals surface area contributed by atoms with Crippen molar-refractivity contribution in [1.29, 1.82) is 0 Å². The molecule has 2 atom stereocenters. The van der Waals surface area contributed by atoms with Crippen molar-refractivity contribution in [2.75, 3.05) is 93.0 Å². The van der Waals surface area contributed by atoms with Gasteiger partial charge in [-0.2, -0.15) is 8.61 Å². The molecule has 0 bridgehead atoms. The molecule has 0 spiro atoms. The van der Waals surface area contributed by atoms with E-state index in [4.69, 9.17) is 52.2 Å². The second kappa shape index (κ2) is 29.8. The molecule has 2 aromatic heterocycles. The standard InChI is InChI=1S/C29H42ClN5O5S.C17H25NO6S.C12H19ClN4/c1-21-15-24(39-3)16-22(2)28(21)41(37,38)35-12-8-5-9-23(35)19-40-20-27(36)33-13-14-34-26(18-33)31-25(29(34)30)17-32-10-6-4-7-11-32;1-12-8-15(23-3)9-13(2)17(12)25(21,22)18-7-5-4-6-14(18)10-24-11-16(19)20;13-12-10(9-16-5-2-1-3-6-16)15-11-8-14-4-7-17(11)12/h15-16,23H,4-14,17-20H2,1-3H3;8-9,14H,4-7,10-11H2,1-3H3,(H,19,20);14H,1-9H2. The van der Waals surface area contributed by atoms with E-state index < -0.39 is 32.6 Å². The molecule has 4 fully saturated rings. The largest absolute Gasteiger partial charge is 0.497 e. The highest BCUT2D eigenvalue weighted by molar-refractivity contribution is 7.89. The number of fused-ring (bicyclic) bond motifs is 2. The first-order valence-electron chi connectivity index (χ1n) is 29.4. The van der Waals surface area contributed by atoms with Crippen molar-refractivity contribution in [1.82, 2.24) is 47.7 Å². The van der Waals surface area contributed by atoms with Crippen molar-refractivity contribution in [3.63, 3.8) is 0 Å². The Balaban J connectivity index is 0.000000181. The van der Waals surface area contributed by atoms with E-state index in [1.54, 1.807) is 75.4 Å². The number of benzene rings is 2. The maximum absolute atomic E-state index is 13.8. The van der Waals surface area contributed by atoms with Gasteiger partial charge in [0.1, 0.15) is 46.7 Å². The summed E-state index contributed by atoms with van der Waals surface area (Å²) < 4.78 is 82.8. The number of carbonyl (C=O) groups excluding carboxylic acids is 1. The Kier molecular flexibility index (Phi) is 23.2. The number of sulfonamides is 2. The molecule has 21 nitrogen and oxygen atoms in total. The van der Waals surface area contributed by atoms with Crippen LogP contribution in [0.1, 0.15) is 122 Å². The number of ether oxygens (including phenoxy) is 4. The lowest BCUT2D eigenvalue weighted by atomic mass is 10.1. The van der Waals surface area contributed by atoms with Crippen molar-refractivity contribution in [3.05, 3.63) is 79.9 Å². The number of hydrogen-bond acceptors (Lipinski definition) is 15. The summed E-state index contributed by atoms with van der Waals surface area (Å²) in [6, 6.07) is 6.25. The third-order valence-electron chi connectivity index (χ3n) is 16.5. The van der Waals surface area contributed by atoms with Crippen LogP contribution in [-0.2, 0) is 78.4 Å². The summed E-state index contributed by atoms with van der Waals surface area (Å²) in [6.45, 7) is 18.2. The fourth-order valence-corrected chi connectivity index (χ4v) is 17.1. The molecule has 0 saturated carbocycles. The van der Waals surface area contributed by atoms with Crippen LogP contribution in [0.5, 0.6) is 11.5 Å². The van der Waals surface area contributed by atoms with Gasteiger partial charge in [-0.1, -0.05) is 48.9 Å². The quantitative estimate of drug-likeness (QED) is 0.0995. The average Bonchev–Trinajstić information content (AvgIpc) is 4.11. The topological polar surface area (TPSA) is 223 Å². The Morgan fingerprint density at radius 2 is 1.02 bits per heavy atom. The smallest absolute Gasteiger partial charge is 0.329 e. The fourth-order valence-electron chi connectivity index (χ4n) is 12.4. The third-order valence-corrected chi connectivity index (χ3v) is 21.9. The number of amides is 1. The van der Waals surface area contributed by atoms with Crippen LogP contribution in [0.2, 0.25) is 10.3 Å². The number of likely N-dealkylation sites (tertiary alicyclic amines) is 2. The van der Waals surface area contributed by atoms with E-state index >= 15 is 0 Å². The molecule has 0 aliphatic carbocycles. The Bertz CT molecular complexity index is 3050. The van der Waals surface area contributed by atoms with Gasteiger partial charge >= 0.3 is 5.97 Å². The highest BCUT2D eigenvalue weighted by Crippen LogP contribution is 2.34. The molecular formula is C58H86Cl2N10O11S2. The van der Waals surface area contributed by atoms with Crippen LogP contribution < -0.4 is 14.8 Å². The van der Waals surface area contributed by atoms with Crippen molar-refractivity contribution in [2.45, 2.75) is 166 Å². The van der Waals surface area contributed by atoms with Gasteiger partial charge in [0.05, 0.1) is 61.7 Å². The number of halogens is 2. The van der Waals surface area contributed by atoms with E-state index in [1.165, 1.54) is 55.9 Å². The molecule has 460 valence electrons. The molecule has 83 heavy (non-hydrogen) atoms. The van der Waals surface area contributed by atoms with Crippen LogP contribution >= 0.6 is 23.2 Å². The normalized spacial score (nSPS) is 20.3. The summed E-state index contributed by atoms with van der Waals surface area (Å²) in [6.07, 6.45) is 12.4. The molecule has 8 heterocycles. The summed E-state index contributed by atoms with van der Waals surface area (Å²) in [7, 11) is -4.32. The Morgan fingerprint density at radius 1 is 0.590 bits per heavy atom. The summed E-state index contributed by atoms with van der Waals surface area (Å²) in [5.74, 6) is 1.96. The second-order valence-electron chi connectivity index (χ2n) is 22.6. The number of aliphatic carboxylic acids is 1. The maximum Gasteiger partial charge on any atom is 0.329 e. The van der Waals surface area contributed by atoms with Gasteiger partial charge in [-0.3, -0.25) is 14.6 Å². The lowest BCUT2D eigenvalue weighted by Crippen LogP contribution is -2.47. The van der Waals surface area contributed by atoms with Gasteiger partial charge in [0.25, 0.3) is 0 Å². The molecule has 2 N–H and O–H groups in total. The first kappa shape index (κ1) is 64.6. The maximum atomic E-state index is 13.8. The number of aromatic nitrogens is 4. The van der Waals surface area contributed by atoms with E-state index in [1.807, 2.05) is 4.57 Å². The van der Waals surface area contributed by atoms with Gasteiger partial charge in [-0.25, -0.2) is 31.6 Å². The van der Waals surface area contributed by atoms with Crippen LogP contribution in [0.15, 0.2) is 34.1 Å². The second-order valence-corrected chi connectivity index (χ2v) is 27.0. The summed E-state index contributed by atoms with van der Waals surface area (Å²) in [4.78, 5) is 40.4. The van der Waals surface area contributed by atoms with Crippen LogP contribution in [0, 0.1) is 27.7 Å². The summed E-state index contributed by atoms with van der Waals surface area (Å²) >= 11 is 13.1. The summed E-state index contributed by atoms with van der Waals surface area (Å²) in [5, 5.41) is 13.6. The molecule has 1 amide bonds. The molecule has 4 aromatic rings. The first-order valence-corrected chi connectivity index (χ1v) is 33.1. The fraction of sp³-hybridized carbons (Fsp3) is 0.655. The molecule has 2 unspecified atom stereocenters. The zero-order valence-electron chi connectivity index (χ0n) is 49.3. The minimum absolute atomic E-state index is 0.0831. The van der Waals surface area contributed by atoms with Gasteiger partial charge in [-0.05, 0) is 152 Å². The van der Waals surface area contributed by atoms with Crippen molar-refractivity contribution in [2.24, 2.45) is 0 Å². The number of aryl methyl sites for hydroxylation is 4. The van der Waals surface area contributed by atoms with Crippen molar-refractivity contribution in [3.8, 4) is 11.5 Å². The van der Waals surface area contributed by atoms with E-state index in [0.29, 0.717) is 94.3 Å². The van der Waals surface area contributed by atoms with Gasteiger partial charge in [0, 0.05) is 64.4 Å². The number of carbonyl (C=O) groups is 2. The van der Waals surface area contributed by atoms with Crippen molar-refractivity contribution >= 4 is 55.1 Å². The molecular weight excluding hydrogens is 1150 g/mol. The molecule has 0 radical (unpaired) electrons. The number of imidazole rings is 2. The van der Waals surface area contributed by atoms with Gasteiger partial charge < -0.3 is 43.4 Å². The number of nitrogens with zero attached hydrogens (tertiary/aromatic N) is 9. The molecule has 6 aliphatic rings. The number of methoxy groups -OCH3 is 2. The predicted octanol–water partition coefficient (Wildman–Crippen LogP) is 7.33. The van der Waals surface area contributed by atoms with Gasteiger partial charge in [0.2, 0.25) is 26.0 Å². The third kappa shape index (κ3) is 16.2. The van der Waals surface area contributed by atoms with Crippen LogP contribution in [0.4, 0.5) is 0 Å². The summed E-state index contributed by atoms with van der Waals surface area (Å²) in [5.41, 5.74) is 4.53. The van der Waals surface area contributed by atoms with Crippen molar-refractivity contribution < 1.29 is 50.5 Å². The highest BCUT2D eigenvalue weighted by Gasteiger charge is 2.38. The molecule has 25 heteroatoms. The molecule has 10 rings (SSSR count). The Morgan fingerprint density at radius 3 is 1.47 bits per heavy atom. The van der Waals surface area contributed by atoms with E-state index in [2.05, 4.69) is 24.7 Å². The van der Waals surface area contributed by atoms with Crippen LogP contribution in [0.3, 0.4) is 0 Å². The number of hydrogen-bond donors (Lipinski definition) is 2. The minimum Gasteiger partial charge on any atom is -0.497 e. The lowest BCUT2D eigenvalue weighted by Gasteiger charge is -2.35. The van der Waals surface area contributed by atoms with Gasteiger partial charge in [0.15, 0.2) is 0 Å². The monoisotopic (exact) mass is 1230 g/mol. The van der Waals surface area contributed by atoms with Crippen LogP contribution in [-0.4, -0.2) is 181 Å². The number of piperidine rings is 4. The van der Waals surface area contributed by atoms with E-state index in [9.17, 15) is 26.4 Å². The van der Waals surface area contributed by atoms with Gasteiger partial charge in [-0.15, -0.1) is 0 Å². The van der Waals surface area contributed by atoms with E-state index in [-0.39, 0.29) is 37.8 Å². The lowest BCUT2D eigenvalue weighted by molar-refractivity contribution is -0.142. The molecule has 2 aromatic carbocycles. The highest BCUT2D eigenvalue weighted by atomic mass is 35.5. The first-order chi connectivity index (χ1) is 39.8. The Labute approximate surface area is 501 Å². The number of rotatable bonds is 18. The number of nitrogens with one attached hydrogen (secondary N) is 1. The zero-order chi connectivity index (χ0) is 59.4. The Hall–Kier alpha value is -4.40. The minimum atomic E-state index is -3.74. The molecule has 4 saturated heterocycles. The number of carboxylic acid groups (broad SMARTS) is 1. The number of carboxylic acids is 1. The predicted molar refractivity (Wildman–Crippen MR) is 317 cm³/mol. The molecule has 6 aliphatic heterocycles. The van der Waals surface area contributed by atoms with E-state index in [0.717, 1.165) is 99.7 Å². The average molecular weight is 1230 g/mol. The SMILES string of the molecule is COc1cc(C)c(S(=O)(=O)N2CCCCC2COCC(=O)N2CCn3c(nc(CN4CCCCC4)c3Cl)C2)c(C)c1.COc1cc(C)c(S(=O)(=O)N2CCCCC2COCC(=O)O)c(C)c1.Clc1c(CN2CCCCC2)nc2n1CCNC2. The zero-order valence-corrected chi connectivity index (χ0v) is 52.4. The van der Waals surface area contributed by atoms with Crippen LogP contribution in [0.25, 0.3) is 0 Å².